The average molecular weight is 253 g/mol. The first-order chi connectivity index (χ1) is 8.69. The molecule has 0 aromatic heterocycles. The minimum atomic E-state index is -0.807. The summed E-state index contributed by atoms with van der Waals surface area (Å²) < 4.78 is 16.7. The fourth-order valence-corrected chi connectivity index (χ4v) is 1.50. The van der Waals surface area contributed by atoms with Crippen molar-refractivity contribution in [3.8, 4) is 0 Å². The summed E-state index contributed by atoms with van der Waals surface area (Å²) in [6.45, 7) is -0.533. The van der Waals surface area contributed by atoms with Gasteiger partial charge in [-0.15, -0.1) is 0 Å². The van der Waals surface area contributed by atoms with Gasteiger partial charge in [0.05, 0.1) is 13.8 Å². The van der Waals surface area contributed by atoms with Gasteiger partial charge in [-0.1, -0.05) is 18.2 Å². The second-order valence-corrected chi connectivity index (χ2v) is 3.75. The summed E-state index contributed by atoms with van der Waals surface area (Å²) in [4.78, 5) is 23.3. The van der Waals surface area contributed by atoms with Crippen LogP contribution in [0.3, 0.4) is 0 Å². The molecule has 0 unspecified atom stereocenters. The predicted molar refractivity (Wildman–Crippen MR) is 64.9 cm³/mol. The van der Waals surface area contributed by atoms with E-state index < -0.39 is 18.7 Å². The zero-order valence-corrected chi connectivity index (χ0v) is 10.2. The minimum absolute atomic E-state index is 0.203. The molecule has 0 aliphatic heterocycles. The number of benzene rings is 1. The van der Waals surface area contributed by atoms with Crippen molar-refractivity contribution >= 4 is 11.9 Å². The normalized spacial score (nSPS) is 11.7. The van der Waals surface area contributed by atoms with E-state index in [-0.39, 0.29) is 18.7 Å². The summed E-state index contributed by atoms with van der Waals surface area (Å²) in [5, 5.41) is 2.54. The molecule has 1 rings (SSSR count). The Morgan fingerprint density at radius 2 is 2.00 bits per heavy atom. The summed E-state index contributed by atoms with van der Waals surface area (Å²) in [6.07, 6.45) is 0.427. The number of rotatable bonds is 6. The van der Waals surface area contributed by atoms with E-state index in [0.29, 0.717) is 5.56 Å². The van der Waals surface area contributed by atoms with Gasteiger partial charge < -0.3 is 10.1 Å². The number of ether oxygens (including phenoxy) is 1. The predicted octanol–water partition coefficient (Wildman–Crippen LogP) is 1.71. The van der Waals surface area contributed by atoms with Crippen molar-refractivity contribution in [1.29, 1.82) is 0 Å². The van der Waals surface area contributed by atoms with Crippen LogP contribution in [0.25, 0.3) is 0 Å². The molecule has 1 aromatic rings. The molecule has 5 heteroatoms. The smallest absolute Gasteiger partial charge is 0.328 e. The summed E-state index contributed by atoms with van der Waals surface area (Å²) >= 11 is 0. The zero-order chi connectivity index (χ0) is 13.4. The van der Waals surface area contributed by atoms with Crippen LogP contribution in [-0.4, -0.2) is 31.7 Å². The van der Waals surface area contributed by atoms with Crippen LogP contribution < -0.4 is 5.32 Å². The van der Waals surface area contributed by atoms with E-state index in [1.54, 1.807) is 30.3 Å². The van der Waals surface area contributed by atoms with Crippen molar-refractivity contribution in [2.75, 3.05) is 13.8 Å². The van der Waals surface area contributed by atoms with E-state index >= 15 is 0 Å². The van der Waals surface area contributed by atoms with Crippen molar-refractivity contribution in [3.63, 3.8) is 0 Å². The van der Waals surface area contributed by atoms with E-state index in [0.717, 1.165) is 0 Å². The van der Waals surface area contributed by atoms with Crippen LogP contribution in [0.5, 0.6) is 0 Å². The van der Waals surface area contributed by atoms with Crippen LogP contribution >= 0.6 is 0 Å². The fraction of sp³-hybridized carbons (Fsp3) is 0.385. The van der Waals surface area contributed by atoms with Crippen LogP contribution in [-0.2, 0) is 9.53 Å². The molecule has 1 N–H and O–H groups in total. The van der Waals surface area contributed by atoms with Gasteiger partial charge in [-0.05, 0) is 25.0 Å². The number of alkyl halides is 1. The first-order valence-corrected chi connectivity index (χ1v) is 5.68. The lowest BCUT2D eigenvalue weighted by atomic mass is 10.1. The van der Waals surface area contributed by atoms with Gasteiger partial charge in [0, 0.05) is 5.56 Å². The maximum atomic E-state index is 12.1. The Morgan fingerprint density at radius 1 is 1.33 bits per heavy atom. The van der Waals surface area contributed by atoms with Crippen LogP contribution in [0.4, 0.5) is 4.39 Å². The van der Waals surface area contributed by atoms with Gasteiger partial charge in [-0.25, -0.2) is 4.79 Å². The van der Waals surface area contributed by atoms with Crippen LogP contribution in [0.1, 0.15) is 23.2 Å². The van der Waals surface area contributed by atoms with Gasteiger partial charge in [-0.3, -0.25) is 9.18 Å². The second-order valence-electron chi connectivity index (χ2n) is 3.75. The van der Waals surface area contributed by atoms with Crippen molar-refractivity contribution in [3.05, 3.63) is 35.9 Å². The molecule has 1 aromatic carbocycles. The van der Waals surface area contributed by atoms with Gasteiger partial charge in [0.2, 0.25) is 0 Å². The Hall–Kier alpha value is -1.91. The molecule has 0 aliphatic rings. The van der Waals surface area contributed by atoms with E-state index in [1.807, 2.05) is 0 Å². The minimum Gasteiger partial charge on any atom is -0.467 e. The molecule has 0 radical (unpaired) electrons. The van der Waals surface area contributed by atoms with Gasteiger partial charge in [0.15, 0.2) is 0 Å². The number of amides is 1. The second kappa shape index (κ2) is 7.42. The highest BCUT2D eigenvalue weighted by Crippen LogP contribution is 2.04. The molecule has 4 nitrogen and oxygen atoms in total. The Kier molecular flexibility index (Phi) is 5.84. The van der Waals surface area contributed by atoms with E-state index in [9.17, 15) is 14.0 Å². The largest absolute Gasteiger partial charge is 0.467 e. The third-order valence-electron chi connectivity index (χ3n) is 2.45. The first kappa shape index (κ1) is 14.2. The third kappa shape index (κ3) is 4.16. The fourth-order valence-electron chi connectivity index (χ4n) is 1.50. The van der Waals surface area contributed by atoms with Crippen LogP contribution in [0.15, 0.2) is 30.3 Å². The van der Waals surface area contributed by atoms with Crippen molar-refractivity contribution < 1.29 is 18.7 Å². The quantitative estimate of drug-likeness (QED) is 0.785. The van der Waals surface area contributed by atoms with Gasteiger partial charge in [0.1, 0.15) is 6.04 Å². The lowest BCUT2D eigenvalue weighted by molar-refractivity contribution is -0.143. The molecule has 0 bridgehead atoms. The SMILES string of the molecule is COC(=O)[C@H](CCCF)NC(=O)c1ccccc1. The molecule has 0 aliphatic carbocycles. The Morgan fingerprint density at radius 3 is 2.56 bits per heavy atom. The Labute approximate surface area is 105 Å². The Balaban J connectivity index is 2.65. The molecule has 18 heavy (non-hydrogen) atoms. The lowest BCUT2D eigenvalue weighted by Crippen LogP contribution is -2.41. The topological polar surface area (TPSA) is 55.4 Å². The summed E-state index contributed by atoms with van der Waals surface area (Å²) in [5.74, 6) is -0.933. The lowest BCUT2D eigenvalue weighted by Gasteiger charge is -2.15. The average Bonchev–Trinajstić information content (AvgIpc) is 2.43. The summed E-state index contributed by atoms with van der Waals surface area (Å²) in [6, 6.07) is 7.71. The molecule has 0 saturated heterocycles. The highest BCUT2D eigenvalue weighted by Gasteiger charge is 2.21. The standard InChI is InChI=1S/C13H16FNO3/c1-18-13(17)11(8-5-9-14)15-12(16)10-6-3-2-4-7-10/h2-4,6-7,11H,5,8-9H2,1H3,(H,15,16)/t11-/m0/s1. The molecule has 1 atom stereocenters. The Bertz CT molecular complexity index is 394. The van der Waals surface area contributed by atoms with Gasteiger partial charge in [-0.2, -0.15) is 0 Å². The maximum Gasteiger partial charge on any atom is 0.328 e. The molecule has 1 amide bonds. The number of carbonyl (C=O) groups excluding carboxylic acids is 2. The monoisotopic (exact) mass is 253 g/mol. The van der Waals surface area contributed by atoms with E-state index in [2.05, 4.69) is 10.1 Å². The number of methoxy groups -OCH3 is 1. The van der Waals surface area contributed by atoms with Gasteiger partial charge in [0.25, 0.3) is 5.91 Å². The number of hydrogen-bond acceptors (Lipinski definition) is 3. The molecule has 0 fully saturated rings. The summed E-state index contributed by atoms with van der Waals surface area (Å²) in [5.41, 5.74) is 0.451. The maximum absolute atomic E-state index is 12.1. The molecule has 0 saturated carbocycles. The first-order valence-electron chi connectivity index (χ1n) is 5.68. The number of halogens is 1. The van der Waals surface area contributed by atoms with Crippen LogP contribution in [0.2, 0.25) is 0 Å². The van der Waals surface area contributed by atoms with Crippen LogP contribution in [0, 0.1) is 0 Å². The molecular weight excluding hydrogens is 237 g/mol. The number of nitrogens with one attached hydrogen (secondary N) is 1. The molecule has 0 spiro atoms. The molecular formula is C13H16FNO3. The highest BCUT2D eigenvalue weighted by atomic mass is 19.1. The van der Waals surface area contributed by atoms with E-state index in [1.165, 1.54) is 7.11 Å². The third-order valence-corrected chi connectivity index (χ3v) is 2.45. The summed E-state index contributed by atoms with van der Waals surface area (Å²) in [7, 11) is 1.24. The molecule has 98 valence electrons. The van der Waals surface area contributed by atoms with Crippen molar-refractivity contribution in [2.24, 2.45) is 0 Å². The van der Waals surface area contributed by atoms with Crippen molar-refractivity contribution in [2.45, 2.75) is 18.9 Å². The van der Waals surface area contributed by atoms with Crippen molar-refractivity contribution in [1.82, 2.24) is 5.32 Å². The van der Waals surface area contributed by atoms with E-state index in [4.69, 9.17) is 0 Å². The zero-order valence-electron chi connectivity index (χ0n) is 10.2. The number of hydrogen-bond donors (Lipinski definition) is 1. The number of esters is 1. The number of carbonyl (C=O) groups is 2. The van der Waals surface area contributed by atoms with Gasteiger partial charge >= 0.3 is 5.97 Å². The highest BCUT2D eigenvalue weighted by molar-refractivity contribution is 5.96. The molecule has 0 heterocycles.